The minimum Gasteiger partial charge on any atom is -0.294 e. The smallest absolute Gasteiger partial charge is 0.169 e. The van der Waals surface area contributed by atoms with Crippen molar-refractivity contribution in [3.63, 3.8) is 0 Å². The molecule has 0 amide bonds. The molecule has 90 valence electrons. The molecule has 17 heavy (non-hydrogen) atoms. The highest BCUT2D eigenvalue weighted by molar-refractivity contribution is 6.04. The van der Waals surface area contributed by atoms with Crippen molar-refractivity contribution < 1.29 is 13.0 Å². The van der Waals surface area contributed by atoms with E-state index in [1.54, 1.807) is 24.4 Å². The number of hydrogen-bond acceptors (Lipinski definition) is 2. The first-order chi connectivity index (χ1) is 10.4. The third kappa shape index (κ3) is 1.97. The second-order valence-electron chi connectivity index (χ2n) is 4.24. The summed E-state index contributed by atoms with van der Waals surface area (Å²) in [5, 5.41) is 4.31. The van der Waals surface area contributed by atoms with Gasteiger partial charge in [0, 0.05) is 20.3 Å². The van der Waals surface area contributed by atoms with Gasteiger partial charge in [-0.2, -0.15) is 5.10 Å². The Bertz CT molecular complexity index is 715. The molecule has 0 unspecified atom stereocenters. The number of Topliss-reactive ketones (excluding diaryl/α,β-unsaturated/α-hetero) is 1. The number of fused-ring (bicyclic) bond motifs is 1. The van der Waals surface area contributed by atoms with E-state index in [9.17, 15) is 4.79 Å². The van der Waals surface area contributed by atoms with E-state index in [1.807, 2.05) is 13.8 Å². The van der Waals surface area contributed by atoms with E-state index in [-0.39, 0.29) is 11.5 Å². The van der Waals surface area contributed by atoms with E-state index in [0.29, 0.717) is 11.2 Å². The van der Waals surface area contributed by atoms with Crippen molar-refractivity contribution in [3.05, 3.63) is 35.7 Å². The summed E-state index contributed by atoms with van der Waals surface area (Å²) in [5.74, 6) is -3.13. The van der Waals surface area contributed by atoms with Crippen LogP contribution in [0.4, 0.5) is 0 Å². The quantitative estimate of drug-likeness (QED) is 0.766. The maximum Gasteiger partial charge on any atom is 0.169 e. The van der Waals surface area contributed by atoms with Gasteiger partial charge >= 0.3 is 0 Å². The van der Waals surface area contributed by atoms with Crippen molar-refractivity contribution in [1.82, 2.24) is 9.61 Å². The molecule has 2 aromatic heterocycles. The molecule has 3 nitrogen and oxygen atoms in total. The summed E-state index contributed by atoms with van der Waals surface area (Å²) in [6.45, 7) is -2.20. The molecule has 0 bridgehead atoms. The molecule has 0 N–H and O–H groups in total. The van der Waals surface area contributed by atoms with E-state index in [0.717, 1.165) is 0 Å². The number of carbonyl (C=O) groups is 1. The summed E-state index contributed by atoms with van der Waals surface area (Å²) in [7, 11) is 0. The highest BCUT2D eigenvalue weighted by atomic mass is 16.1. The zero-order valence-corrected chi connectivity index (χ0v) is 9.77. The largest absolute Gasteiger partial charge is 0.294 e. The number of nitrogens with zero attached hydrogens (tertiary/aromatic N) is 2. The molecule has 2 aromatic rings. The molecule has 0 radical (unpaired) electrons. The van der Waals surface area contributed by atoms with Crippen LogP contribution in [0.1, 0.15) is 57.7 Å². The van der Waals surface area contributed by atoms with Crippen molar-refractivity contribution in [2.75, 3.05) is 0 Å². The second-order valence-corrected chi connectivity index (χ2v) is 4.24. The van der Waals surface area contributed by atoms with E-state index >= 15 is 0 Å². The van der Waals surface area contributed by atoms with E-state index in [4.69, 9.17) is 8.22 Å². The summed E-state index contributed by atoms with van der Waals surface area (Å²) in [6.07, 6.45) is 1.64. The third-order valence-electron chi connectivity index (χ3n) is 2.62. The fourth-order valence-corrected chi connectivity index (χ4v) is 1.82. The molecule has 0 fully saturated rings. The lowest BCUT2D eigenvalue weighted by molar-refractivity contribution is 0.0939. The van der Waals surface area contributed by atoms with Crippen LogP contribution in [0.15, 0.2) is 24.4 Å². The van der Waals surface area contributed by atoms with Gasteiger partial charge in [-0.3, -0.25) is 4.79 Å². The van der Waals surface area contributed by atoms with Crippen molar-refractivity contribution in [2.45, 2.75) is 33.5 Å². The Kier molecular flexibility index (Phi) is 1.61. The van der Waals surface area contributed by atoms with Crippen LogP contribution in [-0.4, -0.2) is 15.4 Å². The van der Waals surface area contributed by atoms with Gasteiger partial charge in [0.25, 0.3) is 0 Å². The van der Waals surface area contributed by atoms with E-state index in [2.05, 4.69) is 5.10 Å². The fraction of sp³-hybridized carbons (Fsp3) is 0.429. The van der Waals surface area contributed by atoms with Crippen molar-refractivity contribution >= 4 is 11.3 Å². The Balaban J connectivity index is 2.71. The lowest BCUT2D eigenvalue weighted by atomic mass is 9.95. The summed E-state index contributed by atoms with van der Waals surface area (Å²) in [6, 6.07) is 5.04. The average molecular weight is 236 g/mol. The second kappa shape index (κ2) is 4.32. The molecule has 0 aliphatic carbocycles. The lowest BCUT2D eigenvalue weighted by Crippen LogP contribution is -2.10. The SMILES string of the molecule is [2H]C([2H])([2H])C(C(=O)c1c(C(C)C)nn2ccccc12)C([2H])([2H])[2H]. The third-order valence-corrected chi connectivity index (χ3v) is 2.62. The molecule has 3 heteroatoms. The zero-order chi connectivity index (χ0) is 17.6. The average Bonchev–Trinajstić information content (AvgIpc) is 2.74. The van der Waals surface area contributed by atoms with Gasteiger partial charge in [-0.25, -0.2) is 4.52 Å². The van der Waals surface area contributed by atoms with Crippen LogP contribution in [0.25, 0.3) is 5.52 Å². The first-order valence-corrected chi connectivity index (χ1v) is 5.46. The highest BCUT2D eigenvalue weighted by Crippen LogP contribution is 2.25. The van der Waals surface area contributed by atoms with Crippen molar-refractivity contribution in [3.8, 4) is 0 Å². The molecular formula is C14H18N2O. The molecule has 0 saturated heterocycles. The molecule has 0 aromatic carbocycles. The molecular weight excluding hydrogens is 212 g/mol. The Morgan fingerprint density at radius 1 is 1.41 bits per heavy atom. The molecule has 2 rings (SSSR count). The molecule has 2 heterocycles. The Morgan fingerprint density at radius 3 is 2.82 bits per heavy atom. The number of aromatic nitrogens is 2. The van der Waals surface area contributed by atoms with E-state index < -0.39 is 25.4 Å². The fourth-order valence-electron chi connectivity index (χ4n) is 1.82. The predicted molar refractivity (Wildman–Crippen MR) is 68.4 cm³/mol. The van der Waals surface area contributed by atoms with Gasteiger partial charge in [0.2, 0.25) is 0 Å². The lowest BCUT2D eigenvalue weighted by Gasteiger charge is -2.07. The topological polar surface area (TPSA) is 34.4 Å². The van der Waals surface area contributed by atoms with Gasteiger partial charge in [0.05, 0.1) is 16.8 Å². The van der Waals surface area contributed by atoms with Crippen LogP contribution in [0.5, 0.6) is 0 Å². The van der Waals surface area contributed by atoms with Crippen LogP contribution in [0.2, 0.25) is 0 Å². The number of hydrogen-bond donors (Lipinski definition) is 0. The molecule has 0 atom stereocenters. The van der Waals surface area contributed by atoms with Crippen LogP contribution < -0.4 is 0 Å². The Hall–Kier alpha value is -1.64. The monoisotopic (exact) mass is 236 g/mol. The maximum atomic E-state index is 12.9. The highest BCUT2D eigenvalue weighted by Gasteiger charge is 2.22. The van der Waals surface area contributed by atoms with E-state index in [1.165, 1.54) is 4.52 Å². The minimum absolute atomic E-state index is 0.0813. The Labute approximate surface area is 110 Å². The zero-order valence-electron chi connectivity index (χ0n) is 15.8. The summed E-state index contributed by atoms with van der Waals surface area (Å²) in [5.41, 5.74) is 0.900. The van der Waals surface area contributed by atoms with Gasteiger partial charge in [-0.15, -0.1) is 0 Å². The summed E-state index contributed by atoms with van der Waals surface area (Å²) < 4.78 is 46.4. The van der Waals surface area contributed by atoms with Gasteiger partial charge in [-0.1, -0.05) is 33.6 Å². The molecule has 0 saturated carbocycles. The predicted octanol–water partition coefficient (Wildman–Crippen LogP) is 3.30. The number of ketones is 1. The molecule has 0 aliphatic heterocycles. The number of carbonyl (C=O) groups excluding carboxylic acids is 1. The van der Waals surface area contributed by atoms with Crippen LogP contribution in [0, 0.1) is 5.92 Å². The normalized spacial score (nSPS) is 18.4. The van der Waals surface area contributed by atoms with Gasteiger partial charge in [-0.05, 0) is 18.1 Å². The minimum atomic E-state index is -2.92. The Morgan fingerprint density at radius 2 is 2.18 bits per heavy atom. The van der Waals surface area contributed by atoms with Gasteiger partial charge < -0.3 is 0 Å². The summed E-state index contributed by atoms with van der Waals surface area (Å²) >= 11 is 0. The maximum absolute atomic E-state index is 12.9. The van der Waals surface area contributed by atoms with Crippen molar-refractivity contribution in [2.24, 2.45) is 5.92 Å². The van der Waals surface area contributed by atoms with Crippen LogP contribution in [-0.2, 0) is 0 Å². The number of rotatable bonds is 3. The molecule has 0 spiro atoms. The van der Waals surface area contributed by atoms with Crippen LogP contribution in [0.3, 0.4) is 0 Å². The van der Waals surface area contributed by atoms with Gasteiger partial charge in [0.15, 0.2) is 5.78 Å². The first-order valence-electron chi connectivity index (χ1n) is 8.46. The molecule has 0 aliphatic rings. The van der Waals surface area contributed by atoms with Crippen molar-refractivity contribution in [1.29, 1.82) is 0 Å². The standard InChI is InChI=1S/C14H18N2O/c1-9(2)13-12(14(17)10(3)4)11-7-5-6-8-16(11)15-13/h5-10H,1-4H3/i3D3,4D3. The number of pyridine rings is 1. The van der Waals surface area contributed by atoms with Crippen LogP contribution >= 0.6 is 0 Å². The summed E-state index contributed by atoms with van der Waals surface area (Å²) in [4.78, 5) is 12.9. The van der Waals surface area contributed by atoms with Gasteiger partial charge in [0.1, 0.15) is 0 Å². The first kappa shape index (κ1) is 6.34.